The van der Waals surface area contributed by atoms with Crippen molar-refractivity contribution in [2.45, 2.75) is 19.4 Å². The maximum atomic E-state index is 12.9. The van der Waals surface area contributed by atoms with E-state index in [2.05, 4.69) is 16.1 Å². The molecule has 3 N–H and O–H groups in total. The van der Waals surface area contributed by atoms with Gasteiger partial charge in [-0.1, -0.05) is 29.8 Å². The molecule has 1 atom stereocenters. The first-order valence-corrected chi connectivity index (χ1v) is 10.3. The summed E-state index contributed by atoms with van der Waals surface area (Å²) in [6.45, 7) is 3.26. The SMILES string of the molecule is COc1ccc(C2(C)NC(=O)N(NC(=O)CN(C)CC(=O)Nc3ccc(C)cc3)C2=O)cc1. The molecule has 10 heteroatoms. The van der Waals surface area contributed by atoms with Crippen molar-refractivity contribution in [2.75, 3.05) is 32.6 Å². The van der Waals surface area contributed by atoms with E-state index in [1.54, 1.807) is 50.4 Å². The summed E-state index contributed by atoms with van der Waals surface area (Å²) in [7, 11) is 3.11. The molecule has 2 aromatic rings. The van der Waals surface area contributed by atoms with Gasteiger partial charge in [0.05, 0.1) is 20.2 Å². The molecule has 1 unspecified atom stereocenters. The number of hydrazine groups is 1. The lowest BCUT2D eigenvalue weighted by Gasteiger charge is -2.23. The Morgan fingerprint density at radius 3 is 2.24 bits per heavy atom. The van der Waals surface area contributed by atoms with Gasteiger partial charge in [0.2, 0.25) is 5.91 Å². The van der Waals surface area contributed by atoms with Gasteiger partial charge in [0.25, 0.3) is 11.8 Å². The molecule has 0 aliphatic carbocycles. The van der Waals surface area contributed by atoms with Gasteiger partial charge >= 0.3 is 6.03 Å². The van der Waals surface area contributed by atoms with Gasteiger partial charge in [-0.05, 0) is 50.7 Å². The van der Waals surface area contributed by atoms with Gasteiger partial charge in [0, 0.05) is 5.69 Å². The van der Waals surface area contributed by atoms with Crippen molar-refractivity contribution < 1.29 is 23.9 Å². The number of imide groups is 1. The maximum absolute atomic E-state index is 12.9. The Bertz CT molecular complexity index is 1050. The number of hydrogen-bond acceptors (Lipinski definition) is 6. The Kier molecular flexibility index (Phi) is 6.98. The third-order valence-electron chi connectivity index (χ3n) is 5.26. The molecule has 5 amide bonds. The van der Waals surface area contributed by atoms with Crippen LogP contribution in [0, 0.1) is 6.92 Å². The van der Waals surface area contributed by atoms with Crippen molar-refractivity contribution in [1.29, 1.82) is 0 Å². The van der Waals surface area contributed by atoms with E-state index in [-0.39, 0.29) is 19.0 Å². The van der Waals surface area contributed by atoms with Crippen LogP contribution in [0.3, 0.4) is 0 Å². The first kappa shape index (κ1) is 23.7. The summed E-state index contributed by atoms with van der Waals surface area (Å²) < 4.78 is 5.12. The highest BCUT2D eigenvalue weighted by molar-refractivity contribution is 6.08. The zero-order valence-electron chi connectivity index (χ0n) is 19.0. The number of hydrogen-bond donors (Lipinski definition) is 3. The van der Waals surface area contributed by atoms with Crippen LogP contribution in [-0.4, -0.2) is 60.9 Å². The molecule has 1 aliphatic heterocycles. The summed E-state index contributed by atoms with van der Waals surface area (Å²) in [6, 6.07) is 13.3. The van der Waals surface area contributed by atoms with Gasteiger partial charge < -0.3 is 15.4 Å². The quantitative estimate of drug-likeness (QED) is 0.520. The molecule has 0 aromatic heterocycles. The summed E-state index contributed by atoms with van der Waals surface area (Å²) in [6.07, 6.45) is 0. The monoisotopic (exact) mass is 453 g/mol. The van der Waals surface area contributed by atoms with E-state index < -0.39 is 23.4 Å². The van der Waals surface area contributed by atoms with Crippen molar-refractivity contribution in [3.05, 3.63) is 59.7 Å². The second kappa shape index (κ2) is 9.70. The molecule has 0 saturated carbocycles. The summed E-state index contributed by atoms with van der Waals surface area (Å²) in [5.74, 6) is -0.913. The Morgan fingerprint density at radius 2 is 1.64 bits per heavy atom. The molecule has 10 nitrogen and oxygen atoms in total. The molecule has 1 aliphatic rings. The molecule has 1 fully saturated rings. The number of aryl methyl sites for hydroxylation is 1. The third-order valence-corrected chi connectivity index (χ3v) is 5.26. The number of ether oxygens (including phenoxy) is 1. The van der Waals surface area contributed by atoms with E-state index in [0.717, 1.165) is 5.56 Å². The largest absolute Gasteiger partial charge is 0.497 e. The maximum Gasteiger partial charge on any atom is 0.344 e. The first-order chi connectivity index (χ1) is 15.6. The molecular formula is C23H27N5O5. The van der Waals surface area contributed by atoms with Crippen molar-refractivity contribution in [3.63, 3.8) is 0 Å². The molecule has 1 heterocycles. The van der Waals surface area contributed by atoms with E-state index in [1.807, 2.05) is 19.1 Å². The lowest BCUT2D eigenvalue weighted by molar-refractivity contribution is -0.139. The lowest BCUT2D eigenvalue weighted by atomic mass is 9.92. The average Bonchev–Trinajstić information content (AvgIpc) is 2.99. The van der Waals surface area contributed by atoms with Crippen LogP contribution in [0.15, 0.2) is 48.5 Å². The van der Waals surface area contributed by atoms with Crippen LogP contribution in [0.5, 0.6) is 5.75 Å². The second-order valence-electron chi connectivity index (χ2n) is 8.05. The highest BCUT2D eigenvalue weighted by atomic mass is 16.5. The topological polar surface area (TPSA) is 120 Å². The number of anilines is 1. The second-order valence-corrected chi connectivity index (χ2v) is 8.05. The summed E-state index contributed by atoms with van der Waals surface area (Å²) in [5, 5.41) is 6.02. The normalized spacial score (nSPS) is 17.7. The fraction of sp³-hybridized carbons (Fsp3) is 0.304. The van der Waals surface area contributed by atoms with E-state index in [1.165, 1.54) is 12.0 Å². The van der Waals surface area contributed by atoms with Crippen LogP contribution in [0.4, 0.5) is 10.5 Å². The fourth-order valence-corrected chi connectivity index (χ4v) is 3.40. The van der Waals surface area contributed by atoms with Crippen molar-refractivity contribution >= 4 is 29.4 Å². The number of likely N-dealkylation sites (N-methyl/N-ethyl adjacent to an activating group) is 1. The number of nitrogens with one attached hydrogen (secondary N) is 3. The number of methoxy groups -OCH3 is 1. The van der Waals surface area contributed by atoms with Gasteiger partial charge in [-0.3, -0.25) is 24.7 Å². The molecule has 33 heavy (non-hydrogen) atoms. The minimum atomic E-state index is -1.34. The first-order valence-electron chi connectivity index (χ1n) is 10.3. The van der Waals surface area contributed by atoms with Gasteiger partial charge in [-0.2, -0.15) is 5.01 Å². The van der Waals surface area contributed by atoms with Gasteiger partial charge in [0.15, 0.2) is 0 Å². The molecule has 0 bridgehead atoms. The number of rotatable bonds is 8. The summed E-state index contributed by atoms with van der Waals surface area (Å²) >= 11 is 0. The van der Waals surface area contributed by atoms with Crippen LogP contribution >= 0.6 is 0 Å². The molecule has 2 aromatic carbocycles. The van der Waals surface area contributed by atoms with E-state index in [9.17, 15) is 19.2 Å². The average molecular weight is 453 g/mol. The minimum absolute atomic E-state index is 0.0506. The number of amides is 5. The number of carbonyl (C=O) groups is 4. The predicted octanol–water partition coefficient (Wildman–Crippen LogP) is 1.37. The molecular weight excluding hydrogens is 426 g/mol. The van der Waals surface area contributed by atoms with Gasteiger partial charge in [0.1, 0.15) is 11.3 Å². The lowest BCUT2D eigenvalue weighted by Crippen LogP contribution is -2.50. The van der Waals surface area contributed by atoms with Crippen LogP contribution in [-0.2, 0) is 19.9 Å². The summed E-state index contributed by atoms with van der Waals surface area (Å²) in [4.78, 5) is 51.4. The van der Waals surface area contributed by atoms with Crippen LogP contribution in [0.2, 0.25) is 0 Å². The standard InChI is InChI=1S/C23H27N5O5/c1-15-5-9-17(10-6-15)24-19(29)13-27(3)14-20(30)26-28-21(31)23(2,25-22(28)32)16-7-11-18(33-4)12-8-16/h5-12H,13-14H2,1-4H3,(H,24,29)(H,25,32)(H,26,30). The predicted molar refractivity (Wildman–Crippen MR) is 121 cm³/mol. The third kappa shape index (κ3) is 5.47. The van der Waals surface area contributed by atoms with Gasteiger partial charge in [-0.25, -0.2) is 4.79 Å². The van der Waals surface area contributed by atoms with Crippen molar-refractivity contribution in [2.24, 2.45) is 0 Å². The molecule has 0 radical (unpaired) electrons. The highest BCUT2D eigenvalue weighted by Gasteiger charge is 2.50. The number of benzene rings is 2. The zero-order valence-corrected chi connectivity index (χ0v) is 19.0. The Labute approximate surface area is 191 Å². The number of nitrogens with zero attached hydrogens (tertiary/aromatic N) is 2. The Morgan fingerprint density at radius 1 is 1.03 bits per heavy atom. The zero-order chi connectivity index (χ0) is 24.2. The number of urea groups is 1. The highest BCUT2D eigenvalue weighted by Crippen LogP contribution is 2.29. The Hall–Kier alpha value is -3.92. The van der Waals surface area contributed by atoms with Crippen LogP contribution in [0.25, 0.3) is 0 Å². The fourth-order valence-electron chi connectivity index (χ4n) is 3.40. The van der Waals surface area contributed by atoms with Crippen LogP contribution < -0.4 is 20.8 Å². The van der Waals surface area contributed by atoms with Crippen LogP contribution in [0.1, 0.15) is 18.1 Å². The minimum Gasteiger partial charge on any atom is -0.497 e. The molecule has 3 rings (SSSR count). The van der Waals surface area contributed by atoms with E-state index in [0.29, 0.717) is 22.0 Å². The Balaban J connectivity index is 1.55. The van der Waals surface area contributed by atoms with E-state index in [4.69, 9.17) is 4.74 Å². The van der Waals surface area contributed by atoms with Crippen molar-refractivity contribution in [3.8, 4) is 5.75 Å². The molecule has 0 spiro atoms. The van der Waals surface area contributed by atoms with E-state index >= 15 is 0 Å². The number of carbonyl (C=O) groups excluding carboxylic acids is 4. The smallest absolute Gasteiger partial charge is 0.344 e. The molecule has 1 saturated heterocycles. The van der Waals surface area contributed by atoms with Crippen molar-refractivity contribution in [1.82, 2.24) is 20.7 Å². The van der Waals surface area contributed by atoms with Gasteiger partial charge in [-0.15, -0.1) is 0 Å². The summed E-state index contributed by atoms with van der Waals surface area (Å²) in [5.41, 5.74) is 3.26. The molecule has 174 valence electrons.